The van der Waals surface area contributed by atoms with Crippen molar-refractivity contribution in [1.82, 2.24) is 15.5 Å². The molecule has 1 atom stereocenters. The highest BCUT2D eigenvalue weighted by Gasteiger charge is 2.35. The summed E-state index contributed by atoms with van der Waals surface area (Å²) in [7, 11) is -2.92. The lowest BCUT2D eigenvalue weighted by molar-refractivity contribution is -0.119. The quantitative estimate of drug-likeness (QED) is 0.722. The summed E-state index contributed by atoms with van der Waals surface area (Å²) in [6, 6.07) is 2.22. The number of sulfone groups is 1. The Bertz CT molecular complexity index is 778. The number of carbonyl (C=O) groups excluding carboxylic acids is 1. The van der Waals surface area contributed by atoms with Crippen molar-refractivity contribution in [3.05, 3.63) is 5.89 Å². The Kier molecular flexibility index (Phi) is 5.34. The van der Waals surface area contributed by atoms with E-state index in [2.05, 4.69) is 21.6 Å². The molecule has 3 rings (SSSR count). The number of amides is 1. The van der Waals surface area contributed by atoms with E-state index >= 15 is 0 Å². The van der Waals surface area contributed by atoms with Gasteiger partial charge in [-0.15, -0.1) is 10.2 Å². The maximum absolute atomic E-state index is 12.1. The van der Waals surface area contributed by atoms with E-state index in [1.807, 2.05) is 0 Å². The largest absolute Gasteiger partial charge is 0.416 e. The molecule has 1 N–H and O–H groups in total. The number of nitrogens with zero attached hydrogens (tertiary/aromatic N) is 3. The number of rotatable bonds is 6. The molecule has 0 spiro atoms. The van der Waals surface area contributed by atoms with Crippen LogP contribution in [0.25, 0.3) is 0 Å². The molecule has 2 fully saturated rings. The van der Waals surface area contributed by atoms with Crippen molar-refractivity contribution in [2.75, 3.05) is 17.3 Å². The zero-order valence-corrected chi connectivity index (χ0v) is 15.4. The van der Waals surface area contributed by atoms with E-state index in [4.69, 9.17) is 4.42 Å². The summed E-state index contributed by atoms with van der Waals surface area (Å²) in [4.78, 5) is 12.1. The van der Waals surface area contributed by atoms with E-state index in [0.29, 0.717) is 31.6 Å². The molecule has 8 nitrogen and oxygen atoms in total. The Morgan fingerprint density at radius 3 is 2.80 bits per heavy atom. The van der Waals surface area contributed by atoms with Crippen LogP contribution in [0.15, 0.2) is 9.64 Å². The lowest BCUT2D eigenvalue weighted by Crippen LogP contribution is -2.45. The zero-order chi connectivity index (χ0) is 17.9. The highest BCUT2D eigenvalue weighted by molar-refractivity contribution is 7.99. The number of carbonyl (C=O) groups is 1. The first kappa shape index (κ1) is 18.2. The third-order valence-corrected chi connectivity index (χ3v) is 7.27. The van der Waals surface area contributed by atoms with Crippen LogP contribution in [0, 0.1) is 17.2 Å². The minimum absolute atomic E-state index is 0.0180. The van der Waals surface area contributed by atoms with Crippen LogP contribution >= 0.6 is 11.8 Å². The number of nitriles is 1. The Labute approximate surface area is 150 Å². The molecule has 1 aromatic heterocycles. The number of hydrogen-bond donors (Lipinski definition) is 1. The topological polar surface area (TPSA) is 126 Å². The lowest BCUT2D eigenvalue weighted by atomic mass is 10.0. The van der Waals surface area contributed by atoms with E-state index < -0.39 is 15.4 Å². The molecule has 1 aliphatic heterocycles. The molecule has 1 saturated heterocycles. The monoisotopic (exact) mass is 384 g/mol. The number of aromatic nitrogens is 2. The minimum Gasteiger partial charge on any atom is -0.416 e. The van der Waals surface area contributed by atoms with E-state index in [9.17, 15) is 18.5 Å². The zero-order valence-electron chi connectivity index (χ0n) is 13.7. The van der Waals surface area contributed by atoms with E-state index in [1.54, 1.807) is 0 Å². The molecule has 0 unspecified atom stereocenters. The van der Waals surface area contributed by atoms with Gasteiger partial charge in [-0.05, 0) is 38.0 Å². The van der Waals surface area contributed by atoms with Crippen molar-refractivity contribution in [3.8, 4) is 6.07 Å². The molecule has 1 aromatic rings. The average Bonchev–Trinajstić information content (AvgIpc) is 3.27. The highest BCUT2D eigenvalue weighted by atomic mass is 32.2. The molecule has 0 bridgehead atoms. The van der Waals surface area contributed by atoms with Crippen molar-refractivity contribution in [3.63, 3.8) is 0 Å². The molecule has 1 aliphatic carbocycles. The Balaban J connectivity index is 1.47. The number of hydrogen-bond acceptors (Lipinski definition) is 8. The summed E-state index contributed by atoms with van der Waals surface area (Å²) in [5.74, 6) is 0.668. The van der Waals surface area contributed by atoms with Gasteiger partial charge in [0.25, 0.3) is 5.22 Å². The van der Waals surface area contributed by atoms with E-state index in [0.717, 1.165) is 24.6 Å². The fraction of sp³-hybridized carbons (Fsp3) is 0.733. The summed E-state index contributed by atoms with van der Waals surface area (Å²) in [5.41, 5.74) is -0.731. The smallest absolute Gasteiger partial charge is 0.277 e. The van der Waals surface area contributed by atoms with Crippen LogP contribution < -0.4 is 5.32 Å². The summed E-state index contributed by atoms with van der Waals surface area (Å²) in [6.45, 7) is 0. The number of thioether (sulfide) groups is 1. The van der Waals surface area contributed by atoms with E-state index in [1.165, 1.54) is 0 Å². The van der Waals surface area contributed by atoms with Gasteiger partial charge in [0.1, 0.15) is 5.54 Å². The predicted octanol–water partition coefficient (Wildman–Crippen LogP) is 1.09. The molecular formula is C15H20N4O4S2. The number of nitrogens with one attached hydrogen (secondary N) is 1. The van der Waals surface area contributed by atoms with Crippen LogP contribution in [-0.2, 0) is 21.1 Å². The maximum Gasteiger partial charge on any atom is 0.277 e. The van der Waals surface area contributed by atoms with Crippen molar-refractivity contribution in [1.29, 1.82) is 5.26 Å². The SMILES string of the molecule is N#CC1(NC(=O)CSc2nnc(C[C@@H]3CCS(=O)(=O)C3)o2)CCCC1. The molecule has 136 valence electrons. The highest BCUT2D eigenvalue weighted by Crippen LogP contribution is 2.29. The van der Waals surface area contributed by atoms with Crippen molar-refractivity contribution in [2.45, 2.75) is 49.3 Å². The molecule has 0 radical (unpaired) electrons. The van der Waals surface area contributed by atoms with Gasteiger partial charge >= 0.3 is 0 Å². The van der Waals surface area contributed by atoms with Crippen LogP contribution in [0.5, 0.6) is 0 Å². The van der Waals surface area contributed by atoms with Crippen LogP contribution in [0.4, 0.5) is 0 Å². The van der Waals surface area contributed by atoms with Gasteiger partial charge in [0.2, 0.25) is 11.8 Å². The van der Waals surface area contributed by atoms with Gasteiger partial charge in [0.15, 0.2) is 9.84 Å². The second-order valence-electron chi connectivity index (χ2n) is 6.67. The second kappa shape index (κ2) is 7.33. The maximum atomic E-state index is 12.1. The van der Waals surface area contributed by atoms with Crippen LogP contribution in [0.1, 0.15) is 38.0 Å². The molecule has 1 amide bonds. The second-order valence-corrected chi connectivity index (χ2v) is 9.83. The molecule has 0 aromatic carbocycles. The Morgan fingerprint density at radius 2 is 2.16 bits per heavy atom. The first-order valence-electron chi connectivity index (χ1n) is 8.28. The summed E-state index contributed by atoms with van der Waals surface area (Å²) < 4.78 is 28.4. The van der Waals surface area contributed by atoms with Gasteiger partial charge in [0, 0.05) is 6.42 Å². The first-order chi connectivity index (χ1) is 11.9. The fourth-order valence-electron chi connectivity index (χ4n) is 3.33. The third-order valence-electron chi connectivity index (χ3n) is 4.61. The average molecular weight is 384 g/mol. The van der Waals surface area contributed by atoms with Crippen molar-refractivity contribution >= 4 is 27.5 Å². The first-order valence-corrected chi connectivity index (χ1v) is 11.1. The van der Waals surface area contributed by atoms with Gasteiger partial charge < -0.3 is 9.73 Å². The normalized spacial score (nSPS) is 24.0. The van der Waals surface area contributed by atoms with Crippen LogP contribution in [0.3, 0.4) is 0 Å². The summed E-state index contributed by atoms with van der Waals surface area (Å²) in [6.07, 6.45) is 4.34. The van der Waals surface area contributed by atoms with Crippen molar-refractivity contribution < 1.29 is 17.6 Å². The van der Waals surface area contributed by atoms with Gasteiger partial charge in [0.05, 0.1) is 23.3 Å². The fourth-order valence-corrected chi connectivity index (χ4v) is 5.77. The Morgan fingerprint density at radius 1 is 1.40 bits per heavy atom. The van der Waals surface area contributed by atoms with Gasteiger partial charge in [-0.1, -0.05) is 11.8 Å². The van der Waals surface area contributed by atoms with Gasteiger partial charge in [-0.2, -0.15) is 5.26 Å². The van der Waals surface area contributed by atoms with Crippen molar-refractivity contribution in [2.24, 2.45) is 5.92 Å². The van der Waals surface area contributed by atoms with Crippen LogP contribution in [-0.4, -0.2) is 47.3 Å². The minimum atomic E-state index is -2.92. The molecule has 1 saturated carbocycles. The van der Waals surface area contributed by atoms with Gasteiger partial charge in [-0.3, -0.25) is 4.79 Å². The Hall–Kier alpha value is -1.60. The molecule has 2 heterocycles. The molecule has 25 heavy (non-hydrogen) atoms. The summed E-state index contributed by atoms with van der Waals surface area (Å²) >= 11 is 1.12. The van der Waals surface area contributed by atoms with Crippen LogP contribution in [0.2, 0.25) is 0 Å². The molecule has 2 aliphatic rings. The third kappa shape index (κ3) is 4.73. The molecular weight excluding hydrogens is 364 g/mol. The summed E-state index contributed by atoms with van der Waals surface area (Å²) in [5, 5.41) is 20.2. The predicted molar refractivity (Wildman–Crippen MR) is 90.4 cm³/mol. The van der Waals surface area contributed by atoms with Gasteiger partial charge in [-0.25, -0.2) is 8.42 Å². The standard InChI is InChI=1S/C15H20N4O4S2/c16-10-15(4-1-2-5-15)17-12(20)8-24-14-19-18-13(23-14)7-11-3-6-25(21,22)9-11/h11H,1-9H2,(H,17,20)/t11-/m0/s1. The lowest BCUT2D eigenvalue weighted by Gasteiger charge is -2.21. The van der Waals surface area contributed by atoms with E-state index in [-0.39, 0.29) is 34.3 Å². The molecule has 10 heteroatoms.